The fourth-order valence-corrected chi connectivity index (χ4v) is 3.34. The smallest absolute Gasteiger partial charge is 0.355 e. The van der Waals surface area contributed by atoms with Crippen LogP contribution in [0.25, 0.3) is 11.1 Å². The molecule has 0 aliphatic heterocycles. The summed E-state index contributed by atoms with van der Waals surface area (Å²) in [5.41, 5.74) is 0.965. The molecule has 144 valence electrons. The summed E-state index contributed by atoms with van der Waals surface area (Å²) >= 11 is 0. The van der Waals surface area contributed by atoms with Crippen LogP contribution in [0.1, 0.15) is 20.8 Å². The number of hydrogen-bond donors (Lipinski definition) is 2. The first-order valence-corrected chi connectivity index (χ1v) is 9.47. The number of esters is 1. The molecule has 28 heavy (non-hydrogen) atoms. The molecule has 0 unspecified atom stereocenters. The van der Waals surface area contributed by atoms with Crippen molar-refractivity contribution in [1.29, 1.82) is 0 Å². The van der Waals surface area contributed by atoms with Crippen molar-refractivity contribution in [1.82, 2.24) is 9.97 Å². The van der Waals surface area contributed by atoms with E-state index in [1.165, 1.54) is 37.7 Å². The number of aromatic amines is 1. The second-order valence-corrected chi connectivity index (χ2v) is 7.05. The van der Waals surface area contributed by atoms with Crippen molar-refractivity contribution in [2.24, 2.45) is 5.14 Å². The molecule has 3 rings (SSSR count). The molecule has 0 radical (unpaired) electrons. The Hall–Kier alpha value is -3.50. The standard InChI is InChI=1S/C18H16N4O5S/c1-27-18(24)16-14(12-6-3-2-4-7-12)10-15(21-16)22(28(19,25)26)17(23)13-8-5-9-20-11-13/h2-11,21H,1H3,(H2,19,25,26). The number of carbonyl (C=O) groups excluding carboxylic acids is 2. The quantitative estimate of drug-likeness (QED) is 0.626. The van der Waals surface area contributed by atoms with Gasteiger partial charge >= 0.3 is 16.2 Å². The summed E-state index contributed by atoms with van der Waals surface area (Å²) in [6.07, 6.45) is 2.65. The van der Waals surface area contributed by atoms with Crippen molar-refractivity contribution in [3.63, 3.8) is 0 Å². The Kier molecular flexibility index (Phi) is 5.25. The first kappa shape index (κ1) is 19.3. The van der Waals surface area contributed by atoms with Gasteiger partial charge in [0.2, 0.25) is 0 Å². The van der Waals surface area contributed by atoms with Crippen molar-refractivity contribution in [2.75, 3.05) is 11.4 Å². The Bertz CT molecular complexity index is 1110. The molecule has 0 bridgehead atoms. The summed E-state index contributed by atoms with van der Waals surface area (Å²) in [7, 11) is -3.32. The number of carbonyl (C=O) groups is 2. The van der Waals surface area contributed by atoms with Crippen molar-refractivity contribution in [3.05, 3.63) is 72.2 Å². The van der Waals surface area contributed by atoms with E-state index in [1.807, 2.05) is 0 Å². The van der Waals surface area contributed by atoms with Crippen molar-refractivity contribution >= 4 is 27.9 Å². The second kappa shape index (κ2) is 7.62. The summed E-state index contributed by atoms with van der Waals surface area (Å²) in [6.45, 7) is 0. The Balaban J connectivity index is 2.18. The lowest BCUT2D eigenvalue weighted by Crippen LogP contribution is -2.41. The number of amides is 1. The highest BCUT2D eigenvalue weighted by Crippen LogP contribution is 2.30. The van der Waals surface area contributed by atoms with Crippen LogP contribution in [0, 0.1) is 0 Å². The highest BCUT2D eigenvalue weighted by atomic mass is 32.2. The van der Waals surface area contributed by atoms with Crippen LogP contribution >= 0.6 is 0 Å². The number of rotatable bonds is 5. The number of nitrogens with one attached hydrogen (secondary N) is 1. The van der Waals surface area contributed by atoms with Crippen LogP contribution in [-0.2, 0) is 14.9 Å². The zero-order valence-corrected chi connectivity index (χ0v) is 15.5. The third-order valence-electron chi connectivity index (χ3n) is 3.84. The van der Waals surface area contributed by atoms with E-state index in [-0.39, 0.29) is 17.1 Å². The summed E-state index contributed by atoms with van der Waals surface area (Å²) in [6, 6.07) is 13.0. The Morgan fingerprint density at radius 3 is 2.43 bits per heavy atom. The van der Waals surface area contributed by atoms with Gasteiger partial charge in [-0.2, -0.15) is 12.7 Å². The number of benzene rings is 1. The molecule has 0 fully saturated rings. The predicted molar refractivity (Wildman–Crippen MR) is 102 cm³/mol. The first-order chi connectivity index (χ1) is 13.3. The van der Waals surface area contributed by atoms with Crippen molar-refractivity contribution in [3.8, 4) is 11.1 Å². The minimum Gasteiger partial charge on any atom is -0.464 e. The first-order valence-electron chi connectivity index (χ1n) is 7.97. The summed E-state index contributed by atoms with van der Waals surface area (Å²) < 4.78 is 29.5. The molecular formula is C18H16N4O5S. The molecule has 1 amide bonds. The van der Waals surface area contributed by atoms with Gasteiger partial charge in [-0.25, -0.2) is 9.93 Å². The molecule has 0 saturated carbocycles. The van der Waals surface area contributed by atoms with Gasteiger partial charge in [0, 0.05) is 18.0 Å². The molecule has 0 spiro atoms. The van der Waals surface area contributed by atoms with Gasteiger partial charge in [-0.1, -0.05) is 30.3 Å². The summed E-state index contributed by atoms with van der Waals surface area (Å²) in [5, 5.41) is 5.28. The van der Waals surface area contributed by atoms with Gasteiger partial charge in [0.05, 0.1) is 12.7 Å². The number of aromatic nitrogens is 2. The van der Waals surface area contributed by atoms with Gasteiger partial charge < -0.3 is 9.72 Å². The molecule has 2 aromatic heterocycles. The molecule has 0 aliphatic carbocycles. The van der Waals surface area contributed by atoms with E-state index < -0.39 is 22.1 Å². The number of nitrogens with zero attached hydrogens (tertiary/aromatic N) is 2. The van der Waals surface area contributed by atoms with Gasteiger partial charge in [-0.15, -0.1) is 0 Å². The van der Waals surface area contributed by atoms with Crippen LogP contribution in [0.3, 0.4) is 0 Å². The third kappa shape index (κ3) is 3.77. The lowest BCUT2D eigenvalue weighted by atomic mass is 10.1. The van der Waals surface area contributed by atoms with E-state index in [0.717, 1.165) is 0 Å². The molecule has 0 aliphatic rings. The van der Waals surface area contributed by atoms with Crippen molar-refractivity contribution in [2.45, 2.75) is 0 Å². The number of anilines is 1. The Morgan fingerprint density at radius 1 is 1.14 bits per heavy atom. The van der Waals surface area contributed by atoms with E-state index in [1.54, 1.807) is 30.3 Å². The van der Waals surface area contributed by atoms with Crippen LogP contribution < -0.4 is 9.44 Å². The number of H-pyrrole nitrogens is 1. The highest BCUT2D eigenvalue weighted by Gasteiger charge is 2.31. The molecule has 1 aromatic carbocycles. The average Bonchev–Trinajstić information content (AvgIpc) is 3.12. The van der Waals surface area contributed by atoms with E-state index in [4.69, 9.17) is 9.88 Å². The van der Waals surface area contributed by atoms with Crippen LogP contribution in [0.15, 0.2) is 60.9 Å². The van der Waals surface area contributed by atoms with E-state index in [0.29, 0.717) is 15.4 Å². The average molecular weight is 400 g/mol. The minimum absolute atomic E-state index is 0.00649. The number of methoxy groups -OCH3 is 1. The fraction of sp³-hybridized carbons (Fsp3) is 0.0556. The largest absolute Gasteiger partial charge is 0.464 e. The van der Waals surface area contributed by atoms with Gasteiger partial charge in [-0.05, 0) is 23.8 Å². The molecular weight excluding hydrogens is 384 g/mol. The monoisotopic (exact) mass is 400 g/mol. The van der Waals surface area contributed by atoms with Gasteiger partial charge in [0.1, 0.15) is 11.5 Å². The second-order valence-electron chi connectivity index (χ2n) is 5.66. The summed E-state index contributed by atoms with van der Waals surface area (Å²) in [4.78, 5) is 31.4. The molecule has 9 nitrogen and oxygen atoms in total. The number of pyridine rings is 1. The molecule has 10 heteroatoms. The maximum absolute atomic E-state index is 12.8. The van der Waals surface area contributed by atoms with Gasteiger partial charge in [0.25, 0.3) is 5.91 Å². The van der Waals surface area contributed by atoms with E-state index in [2.05, 4.69) is 9.97 Å². The zero-order chi connectivity index (χ0) is 20.3. The summed E-state index contributed by atoms with van der Waals surface area (Å²) in [5.74, 6) is -1.85. The minimum atomic E-state index is -4.51. The maximum Gasteiger partial charge on any atom is 0.355 e. The molecule has 3 aromatic rings. The van der Waals surface area contributed by atoms with Crippen LogP contribution in [0.5, 0.6) is 0 Å². The number of ether oxygens (including phenoxy) is 1. The SMILES string of the molecule is COC(=O)c1[nH]c(N(C(=O)c2cccnc2)S(N)(=O)=O)cc1-c1ccccc1. The zero-order valence-electron chi connectivity index (χ0n) is 14.7. The van der Waals surface area contributed by atoms with Gasteiger partial charge in [0.15, 0.2) is 0 Å². The normalized spacial score (nSPS) is 11.1. The van der Waals surface area contributed by atoms with Gasteiger partial charge in [-0.3, -0.25) is 9.78 Å². The predicted octanol–water partition coefficient (Wildman–Crippen LogP) is 1.71. The lowest BCUT2D eigenvalue weighted by molar-refractivity contribution is 0.0595. The Morgan fingerprint density at radius 2 is 1.86 bits per heavy atom. The number of nitrogens with two attached hydrogens (primary N) is 1. The molecule has 3 N–H and O–H groups in total. The molecule has 0 atom stereocenters. The van der Waals surface area contributed by atoms with Crippen LogP contribution in [0.4, 0.5) is 5.82 Å². The Labute approximate surface area is 161 Å². The fourth-order valence-electron chi connectivity index (χ4n) is 2.63. The number of hydrogen-bond acceptors (Lipinski definition) is 6. The van der Waals surface area contributed by atoms with Crippen molar-refractivity contribution < 1.29 is 22.7 Å². The highest BCUT2D eigenvalue weighted by molar-refractivity contribution is 7.91. The lowest BCUT2D eigenvalue weighted by Gasteiger charge is -2.17. The maximum atomic E-state index is 12.8. The topological polar surface area (TPSA) is 135 Å². The van der Waals surface area contributed by atoms with Crippen LogP contribution in [-0.4, -0.2) is 37.4 Å². The molecule has 2 heterocycles. The van der Waals surface area contributed by atoms with E-state index in [9.17, 15) is 18.0 Å². The van der Waals surface area contributed by atoms with Crippen LogP contribution in [0.2, 0.25) is 0 Å². The third-order valence-corrected chi connectivity index (χ3v) is 4.72. The van der Waals surface area contributed by atoms with E-state index >= 15 is 0 Å². The molecule has 0 saturated heterocycles.